The number of rotatable bonds is 8. The molecule has 0 radical (unpaired) electrons. The number of nitrogens with one attached hydrogen (secondary N) is 1. The van der Waals surface area contributed by atoms with Crippen LogP contribution in [-0.4, -0.2) is 59.7 Å². The van der Waals surface area contributed by atoms with Gasteiger partial charge < -0.3 is 15.3 Å². The van der Waals surface area contributed by atoms with E-state index in [4.69, 9.17) is 5.11 Å². The van der Waals surface area contributed by atoms with E-state index in [0.717, 1.165) is 50.4 Å². The molecule has 1 aliphatic heterocycles. The van der Waals surface area contributed by atoms with Crippen LogP contribution in [0.3, 0.4) is 0 Å². The fourth-order valence-electron chi connectivity index (χ4n) is 2.27. The zero-order chi connectivity index (χ0) is 13.9. The van der Waals surface area contributed by atoms with Crippen LogP contribution in [0.5, 0.6) is 0 Å². The second-order valence-electron chi connectivity index (χ2n) is 5.10. The number of aliphatic hydroxyl groups is 1. The first-order valence-corrected chi connectivity index (χ1v) is 8.62. The first-order valence-electron chi connectivity index (χ1n) is 7.46. The molecule has 0 aliphatic carbocycles. The standard InChI is InChI=1S/C14H28N2O2S/c1-13(15-7-12-19-11-6-10-17)14(18)16-8-4-2-3-5-9-16/h13,15,17H,2-12H2,1H3. The lowest BCUT2D eigenvalue weighted by molar-refractivity contribution is -0.132. The van der Waals surface area contributed by atoms with Crippen LogP contribution in [0.25, 0.3) is 0 Å². The number of likely N-dealkylation sites (tertiary alicyclic amines) is 1. The highest BCUT2D eigenvalue weighted by atomic mass is 32.2. The van der Waals surface area contributed by atoms with Crippen molar-refractivity contribution >= 4 is 17.7 Å². The summed E-state index contributed by atoms with van der Waals surface area (Å²) in [6.45, 7) is 4.94. The first kappa shape index (κ1) is 16.8. The fourth-order valence-corrected chi connectivity index (χ4v) is 3.07. The Bertz CT molecular complexity index is 244. The van der Waals surface area contributed by atoms with E-state index in [9.17, 15) is 4.79 Å². The molecule has 1 saturated heterocycles. The number of hydrogen-bond donors (Lipinski definition) is 2. The van der Waals surface area contributed by atoms with Gasteiger partial charge in [-0.15, -0.1) is 0 Å². The van der Waals surface area contributed by atoms with Crippen molar-refractivity contribution in [3.63, 3.8) is 0 Å². The number of carbonyl (C=O) groups is 1. The highest BCUT2D eigenvalue weighted by molar-refractivity contribution is 7.99. The maximum absolute atomic E-state index is 12.2. The smallest absolute Gasteiger partial charge is 0.239 e. The van der Waals surface area contributed by atoms with Crippen molar-refractivity contribution < 1.29 is 9.90 Å². The molecule has 0 aromatic carbocycles. The number of aliphatic hydroxyl groups excluding tert-OH is 1. The molecule has 2 N–H and O–H groups in total. The second-order valence-corrected chi connectivity index (χ2v) is 6.33. The summed E-state index contributed by atoms with van der Waals surface area (Å²) < 4.78 is 0. The summed E-state index contributed by atoms with van der Waals surface area (Å²) >= 11 is 1.82. The summed E-state index contributed by atoms with van der Waals surface area (Å²) in [4.78, 5) is 14.3. The average Bonchev–Trinajstić information content (AvgIpc) is 2.70. The van der Waals surface area contributed by atoms with Crippen LogP contribution in [0, 0.1) is 0 Å². The lowest BCUT2D eigenvalue weighted by Gasteiger charge is -2.24. The molecule has 4 nitrogen and oxygen atoms in total. The Labute approximate surface area is 121 Å². The number of thioether (sulfide) groups is 1. The van der Waals surface area contributed by atoms with Gasteiger partial charge in [0.2, 0.25) is 5.91 Å². The molecule has 0 aromatic heterocycles. The van der Waals surface area contributed by atoms with Crippen molar-refractivity contribution in [2.24, 2.45) is 0 Å². The molecule has 1 fully saturated rings. The minimum absolute atomic E-state index is 0.0726. The van der Waals surface area contributed by atoms with E-state index in [1.54, 1.807) is 0 Å². The zero-order valence-corrected chi connectivity index (χ0v) is 12.9. The van der Waals surface area contributed by atoms with Gasteiger partial charge in [0.15, 0.2) is 0 Å². The Morgan fingerprint density at radius 3 is 2.58 bits per heavy atom. The van der Waals surface area contributed by atoms with Gasteiger partial charge in [-0.05, 0) is 31.9 Å². The minimum atomic E-state index is -0.0726. The predicted molar refractivity (Wildman–Crippen MR) is 81.5 cm³/mol. The Kier molecular flexibility index (Phi) is 9.30. The fraction of sp³-hybridized carbons (Fsp3) is 0.929. The molecule has 5 heteroatoms. The summed E-state index contributed by atoms with van der Waals surface area (Å²) in [6.07, 6.45) is 5.66. The number of nitrogens with zero attached hydrogens (tertiary/aromatic N) is 1. The van der Waals surface area contributed by atoms with Crippen molar-refractivity contribution in [1.82, 2.24) is 10.2 Å². The van der Waals surface area contributed by atoms with Gasteiger partial charge in [-0.1, -0.05) is 12.8 Å². The van der Waals surface area contributed by atoms with Crippen LogP contribution in [0.2, 0.25) is 0 Å². The number of carbonyl (C=O) groups excluding carboxylic acids is 1. The molecule has 1 rings (SSSR count). The Balaban J connectivity index is 2.13. The Hall–Kier alpha value is -0.260. The second kappa shape index (κ2) is 10.5. The van der Waals surface area contributed by atoms with E-state index in [0.29, 0.717) is 0 Å². The first-order chi connectivity index (χ1) is 9.25. The van der Waals surface area contributed by atoms with Crippen LogP contribution < -0.4 is 5.32 Å². The van der Waals surface area contributed by atoms with Gasteiger partial charge in [0.05, 0.1) is 6.04 Å². The van der Waals surface area contributed by atoms with E-state index in [1.165, 1.54) is 12.8 Å². The van der Waals surface area contributed by atoms with Crippen LogP contribution in [-0.2, 0) is 4.79 Å². The summed E-state index contributed by atoms with van der Waals surface area (Å²) in [5, 5.41) is 12.0. The van der Waals surface area contributed by atoms with Gasteiger partial charge in [0.1, 0.15) is 0 Å². The molecule has 1 amide bonds. The van der Waals surface area contributed by atoms with Gasteiger partial charge >= 0.3 is 0 Å². The quantitative estimate of drug-likeness (QED) is 0.664. The van der Waals surface area contributed by atoms with Crippen LogP contribution in [0.4, 0.5) is 0 Å². The van der Waals surface area contributed by atoms with Crippen LogP contribution >= 0.6 is 11.8 Å². The third-order valence-corrected chi connectivity index (χ3v) is 4.50. The average molecular weight is 288 g/mol. The lowest BCUT2D eigenvalue weighted by Crippen LogP contribution is -2.45. The summed E-state index contributed by atoms with van der Waals surface area (Å²) in [5.74, 6) is 2.24. The van der Waals surface area contributed by atoms with Gasteiger partial charge in [0, 0.05) is 32.0 Å². The molecule has 0 spiro atoms. The summed E-state index contributed by atoms with van der Waals surface area (Å²) in [6, 6.07) is -0.0726. The van der Waals surface area contributed by atoms with Gasteiger partial charge in [-0.25, -0.2) is 0 Å². The SMILES string of the molecule is CC(NCCSCCCO)C(=O)N1CCCCCC1. The van der Waals surface area contributed by atoms with E-state index >= 15 is 0 Å². The van der Waals surface area contributed by atoms with E-state index in [2.05, 4.69) is 5.32 Å². The van der Waals surface area contributed by atoms with Gasteiger partial charge in [0.25, 0.3) is 0 Å². The molecule has 19 heavy (non-hydrogen) atoms. The van der Waals surface area contributed by atoms with Crippen molar-refractivity contribution in [3.05, 3.63) is 0 Å². The molecule has 0 aromatic rings. The minimum Gasteiger partial charge on any atom is -0.396 e. The highest BCUT2D eigenvalue weighted by Gasteiger charge is 2.20. The summed E-state index contributed by atoms with van der Waals surface area (Å²) in [5.41, 5.74) is 0. The lowest BCUT2D eigenvalue weighted by atomic mass is 10.2. The monoisotopic (exact) mass is 288 g/mol. The summed E-state index contributed by atoms with van der Waals surface area (Å²) in [7, 11) is 0. The van der Waals surface area contributed by atoms with Crippen molar-refractivity contribution in [1.29, 1.82) is 0 Å². The third-order valence-electron chi connectivity index (χ3n) is 3.43. The molecule has 1 aliphatic rings. The zero-order valence-electron chi connectivity index (χ0n) is 12.1. The molecular formula is C14H28N2O2S. The maximum atomic E-state index is 12.2. The number of amides is 1. The van der Waals surface area contributed by atoms with Crippen molar-refractivity contribution in [3.8, 4) is 0 Å². The van der Waals surface area contributed by atoms with E-state index in [-0.39, 0.29) is 18.6 Å². The molecule has 0 saturated carbocycles. The normalized spacial score (nSPS) is 18.1. The Morgan fingerprint density at radius 1 is 1.26 bits per heavy atom. The molecule has 1 unspecified atom stereocenters. The Morgan fingerprint density at radius 2 is 1.95 bits per heavy atom. The maximum Gasteiger partial charge on any atom is 0.239 e. The van der Waals surface area contributed by atoms with Gasteiger partial charge in [-0.2, -0.15) is 11.8 Å². The molecule has 112 valence electrons. The highest BCUT2D eigenvalue weighted by Crippen LogP contribution is 2.10. The molecule has 0 bridgehead atoms. The van der Waals surface area contributed by atoms with Crippen LogP contribution in [0.15, 0.2) is 0 Å². The van der Waals surface area contributed by atoms with Gasteiger partial charge in [-0.3, -0.25) is 4.79 Å². The van der Waals surface area contributed by atoms with Crippen LogP contribution in [0.1, 0.15) is 39.0 Å². The van der Waals surface area contributed by atoms with E-state index < -0.39 is 0 Å². The van der Waals surface area contributed by atoms with Crippen molar-refractivity contribution in [2.75, 3.05) is 37.7 Å². The molecular weight excluding hydrogens is 260 g/mol. The topological polar surface area (TPSA) is 52.6 Å². The molecule has 1 atom stereocenters. The largest absolute Gasteiger partial charge is 0.396 e. The number of hydrogen-bond acceptors (Lipinski definition) is 4. The molecule has 1 heterocycles. The third kappa shape index (κ3) is 7.18. The van der Waals surface area contributed by atoms with Crippen molar-refractivity contribution in [2.45, 2.75) is 45.1 Å². The van der Waals surface area contributed by atoms with E-state index in [1.807, 2.05) is 23.6 Å². The predicted octanol–water partition coefficient (Wildman–Crippen LogP) is 1.48.